The Balaban J connectivity index is 1.55. The van der Waals surface area contributed by atoms with Crippen LogP contribution in [0.25, 0.3) is 0 Å². The van der Waals surface area contributed by atoms with Gasteiger partial charge in [-0.15, -0.1) is 0 Å². The average Bonchev–Trinajstić information content (AvgIpc) is 3.05. The van der Waals surface area contributed by atoms with Gasteiger partial charge in [-0.25, -0.2) is 4.79 Å². The Morgan fingerprint density at radius 3 is 2.09 bits per heavy atom. The molecule has 4 rings (SSSR count). The van der Waals surface area contributed by atoms with E-state index in [0.29, 0.717) is 31.7 Å². The molecule has 1 saturated heterocycles. The van der Waals surface area contributed by atoms with Crippen LogP contribution in [0.15, 0.2) is 78.9 Å². The van der Waals surface area contributed by atoms with Gasteiger partial charge in [0.05, 0.1) is 12.1 Å². The molecule has 1 fully saturated rings. The summed E-state index contributed by atoms with van der Waals surface area (Å²) in [5, 5.41) is 20.9. The van der Waals surface area contributed by atoms with Crippen LogP contribution in [0.5, 0.6) is 5.75 Å². The molecule has 0 aliphatic carbocycles. The Kier molecular flexibility index (Phi) is 12.4. The maximum atomic E-state index is 14.1. The molecule has 4 atom stereocenters. The Hall–Kier alpha value is -4.37. The molecule has 0 bridgehead atoms. The van der Waals surface area contributed by atoms with Gasteiger partial charge in [-0.3, -0.25) is 9.59 Å². The molecule has 9 heteroatoms. The molecule has 0 radical (unpaired) electrons. The number of nitrogens with one attached hydrogen (secondary N) is 3. The van der Waals surface area contributed by atoms with E-state index in [9.17, 15) is 19.5 Å². The van der Waals surface area contributed by atoms with E-state index in [0.717, 1.165) is 28.7 Å². The summed E-state index contributed by atoms with van der Waals surface area (Å²) in [7, 11) is 0. The molecule has 4 N–H and O–H groups in total. The van der Waals surface area contributed by atoms with Gasteiger partial charge < -0.3 is 30.7 Å². The van der Waals surface area contributed by atoms with E-state index in [-0.39, 0.29) is 36.8 Å². The molecule has 4 amide bonds. The van der Waals surface area contributed by atoms with Crippen molar-refractivity contribution in [2.24, 2.45) is 5.92 Å². The number of ether oxygens (including phenoxy) is 1. The van der Waals surface area contributed by atoms with Crippen molar-refractivity contribution in [3.63, 3.8) is 0 Å². The van der Waals surface area contributed by atoms with Crippen LogP contribution in [0.3, 0.4) is 0 Å². The number of rotatable bonds is 15. The predicted molar refractivity (Wildman–Crippen MR) is 184 cm³/mol. The summed E-state index contributed by atoms with van der Waals surface area (Å²) in [6.07, 6.45) is 0.779. The maximum absolute atomic E-state index is 14.1. The van der Waals surface area contributed by atoms with Crippen LogP contribution < -0.4 is 20.7 Å². The van der Waals surface area contributed by atoms with Gasteiger partial charge in [0.15, 0.2) is 6.61 Å². The van der Waals surface area contributed by atoms with E-state index in [4.69, 9.17) is 4.74 Å². The number of benzene rings is 3. The molecule has 9 nitrogen and oxygen atoms in total. The number of aliphatic hydroxyl groups excluding tert-OH is 1. The van der Waals surface area contributed by atoms with E-state index in [2.05, 4.69) is 16.0 Å². The van der Waals surface area contributed by atoms with E-state index >= 15 is 0 Å². The second kappa shape index (κ2) is 16.5. The van der Waals surface area contributed by atoms with Crippen molar-refractivity contribution in [3.8, 4) is 5.75 Å². The SMILES string of the molecule is Cc1cccc(C)c1OCC(=O)N[C@@H](Cc1ccccc1)[C@@H](O)C[C@H](Cc1ccccc1)NC(=O)[C@@](C)(C(C)C)N1CCCNC1=O. The lowest BCUT2D eigenvalue weighted by Crippen LogP contribution is -2.66. The van der Waals surface area contributed by atoms with Gasteiger partial charge in [-0.1, -0.05) is 92.7 Å². The minimum atomic E-state index is -1.10. The molecule has 47 heavy (non-hydrogen) atoms. The fraction of sp³-hybridized carbons (Fsp3) is 0.447. The van der Waals surface area contributed by atoms with Crippen LogP contribution in [0.1, 0.15) is 55.9 Å². The molecule has 1 aliphatic heterocycles. The topological polar surface area (TPSA) is 120 Å². The molecule has 0 saturated carbocycles. The van der Waals surface area contributed by atoms with Gasteiger partial charge in [0, 0.05) is 19.1 Å². The molecular formula is C38H50N4O5. The number of carbonyl (C=O) groups is 3. The highest BCUT2D eigenvalue weighted by molar-refractivity contribution is 5.91. The van der Waals surface area contributed by atoms with Gasteiger partial charge >= 0.3 is 6.03 Å². The van der Waals surface area contributed by atoms with Gasteiger partial charge in [0.25, 0.3) is 5.91 Å². The lowest BCUT2D eigenvalue weighted by molar-refractivity contribution is -0.135. The summed E-state index contributed by atoms with van der Waals surface area (Å²) in [6, 6.07) is 23.9. The van der Waals surface area contributed by atoms with Gasteiger partial charge in [-0.2, -0.15) is 0 Å². The normalized spacial score (nSPS) is 16.4. The summed E-state index contributed by atoms with van der Waals surface area (Å²) in [5.74, 6) is -0.122. The first-order valence-electron chi connectivity index (χ1n) is 16.6. The highest BCUT2D eigenvalue weighted by Crippen LogP contribution is 2.28. The standard InChI is InChI=1S/C38H50N4O5/c1-26(2)38(5,42-21-13-20-39-37(42)46)36(45)40-31(22-29-16-8-6-9-17-29)24-33(43)32(23-30-18-10-7-11-19-30)41-34(44)25-47-35-27(3)14-12-15-28(35)4/h6-12,14-19,26,31-33,43H,13,20-25H2,1-5H3,(H,39,46)(H,40,45)(H,41,44)/t31-,32-,33-,38+/m0/s1. The summed E-state index contributed by atoms with van der Waals surface area (Å²) in [5.41, 5.74) is 2.73. The Morgan fingerprint density at radius 1 is 0.915 bits per heavy atom. The molecule has 252 valence electrons. The summed E-state index contributed by atoms with van der Waals surface area (Å²) in [4.78, 5) is 41.9. The number of amides is 4. The zero-order valence-electron chi connectivity index (χ0n) is 28.3. The lowest BCUT2D eigenvalue weighted by Gasteiger charge is -2.45. The summed E-state index contributed by atoms with van der Waals surface area (Å²) in [6.45, 7) is 10.4. The second-order valence-corrected chi connectivity index (χ2v) is 13.1. The molecule has 3 aromatic carbocycles. The van der Waals surface area contributed by atoms with Gasteiger partial charge in [0.1, 0.15) is 11.3 Å². The van der Waals surface area contributed by atoms with Crippen LogP contribution in [-0.2, 0) is 22.4 Å². The molecule has 0 spiro atoms. The molecule has 3 aromatic rings. The van der Waals surface area contributed by atoms with Crippen molar-refractivity contribution in [1.82, 2.24) is 20.9 Å². The monoisotopic (exact) mass is 642 g/mol. The van der Waals surface area contributed by atoms with Gasteiger partial charge in [-0.05, 0) is 74.6 Å². The number of para-hydroxylation sites is 1. The maximum Gasteiger partial charge on any atom is 0.318 e. The quantitative estimate of drug-likeness (QED) is 0.191. The van der Waals surface area contributed by atoms with Crippen molar-refractivity contribution in [2.75, 3.05) is 19.7 Å². The number of urea groups is 1. The first-order chi connectivity index (χ1) is 22.5. The van der Waals surface area contributed by atoms with Crippen LogP contribution >= 0.6 is 0 Å². The van der Waals surface area contributed by atoms with Crippen LogP contribution in [-0.4, -0.2) is 71.3 Å². The highest BCUT2D eigenvalue weighted by Gasteiger charge is 2.46. The Bertz CT molecular complexity index is 1460. The first-order valence-corrected chi connectivity index (χ1v) is 16.6. The number of hydrogen-bond acceptors (Lipinski definition) is 5. The number of nitrogens with zero attached hydrogens (tertiary/aromatic N) is 1. The summed E-state index contributed by atoms with van der Waals surface area (Å²) < 4.78 is 5.91. The predicted octanol–water partition coefficient (Wildman–Crippen LogP) is 4.72. The lowest BCUT2D eigenvalue weighted by atomic mass is 9.84. The Labute approximate surface area is 279 Å². The molecule has 1 aliphatic rings. The fourth-order valence-corrected chi connectivity index (χ4v) is 6.21. The minimum absolute atomic E-state index is 0.171. The number of aliphatic hydroxyl groups is 1. The van der Waals surface area contributed by atoms with E-state index in [1.165, 1.54) is 0 Å². The Morgan fingerprint density at radius 2 is 1.51 bits per heavy atom. The third-order valence-electron chi connectivity index (χ3n) is 9.28. The largest absolute Gasteiger partial charge is 0.483 e. The van der Waals surface area contributed by atoms with Crippen molar-refractivity contribution in [2.45, 2.75) is 84.0 Å². The smallest absolute Gasteiger partial charge is 0.318 e. The van der Waals surface area contributed by atoms with Gasteiger partial charge in [0.2, 0.25) is 5.91 Å². The van der Waals surface area contributed by atoms with Crippen molar-refractivity contribution >= 4 is 17.8 Å². The van der Waals surface area contributed by atoms with Crippen molar-refractivity contribution < 1.29 is 24.2 Å². The van der Waals surface area contributed by atoms with E-state index < -0.39 is 23.7 Å². The highest BCUT2D eigenvalue weighted by atomic mass is 16.5. The molecule has 1 heterocycles. The zero-order valence-corrected chi connectivity index (χ0v) is 28.3. The third-order valence-corrected chi connectivity index (χ3v) is 9.28. The summed E-state index contributed by atoms with van der Waals surface area (Å²) >= 11 is 0. The van der Waals surface area contributed by atoms with Crippen LogP contribution in [0.4, 0.5) is 4.79 Å². The second-order valence-electron chi connectivity index (χ2n) is 13.1. The molecule has 0 aromatic heterocycles. The zero-order chi connectivity index (χ0) is 34.0. The minimum Gasteiger partial charge on any atom is -0.483 e. The van der Waals surface area contributed by atoms with E-state index in [1.807, 2.05) is 113 Å². The first kappa shape index (κ1) is 35.5. The van der Waals surface area contributed by atoms with E-state index in [1.54, 1.807) is 4.90 Å². The fourth-order valence-electron chi connectivity index (χ4n) is 6.21. The number of aryl methyl sites for hydroxylation is 2. The average molecular weight is 643 g/mol. The van der Waals surface area contributed by atoms with Crippen molar-refractivity contribution in [1.29, 1.82) is 0 Å². The van der Waals surface area contributed by atoms with Crippen LogP contribution in [0, 0.1) is 19.8 Å². The third kappa shape index (κ3) is 9.35. The molecule has 0 unspecified atom stereocenters. The van der Waals surface area contributed by atoms with Crippen LogP contribution in [0.2, 0.25) is 0 Å². The van der Waals surface area contributed by atoms with Crippen molar-refractivity contribution in [3.05, 3.63) is 101 Å². The number of hydrogen-bond donors (Lipinski definition) is 4. The number of carbonyl (C=O) groups excluding carboxylic acids is 3. The molecular weight excluding hydrogens is 592 g/mol.